The Kier molecular flexibility index (Phi) is 13.5. The Bertz CT molecular complexity index is 1700. The normalized spacial score (nSPS) is 21.2. The topological polar surface area (TPSA) is 113 Å². The van der Waals surface area contributed by atoms with Gasteiger partial charge in [0.05, 0.1) is 26.4 Å². The number of nitrogens with one attached hydrogen (secondary N) is 1. The number of hydrogen-bond donors (Lipinski definition) is 1. The van der Waals surface area contributed by atoms with Crippen molar-refractivity contribution >= 4 is 50.8 Å². The average molecular weight is 749 g/mol. The number of hydrogen-bond acceptors (Lipinski definition) is 9. The van der Waals surface area contributed by atoms with Crippen LogP contribution >= 0.6 is 34.8 Å². The van der Waals surface area contributed by atoms with Crippen LogP contribution in [-0.4, -0.2) is 55.4 Å². The van der Waals surface area contributed by atoms with Crippen LogP contribution in [-0.2, 0) is 63.6 Å². The molecular weight excluding hydrogens is 713 g/mol. The minimum Gasteiger partial charge on any atom is -0.445 e. The summed E-state index contributed by atoms with van der Waals surface area (Å²) in [5.74, 6) is -1.08. The van der Waals surface area contributed by atoms with Gasteiger partial charge in [0.15, 0.2) is 0 Å². The summed E-state index contributed by atoms with van der Waals surface area (Å²) in [5.41, 5.74) is 3.12. The van der Waals surface area contributed by atoms with Gasteiger partial charge in [-0.05, 0) is 22.3 Å². The first-order valence-corrected chi connectivity index (χ1v) is 18.1. The third kappa shape index (κ3) is 11.5. The lowest BCUT2D eigenvalue weighted by atomic mass is 9.98. The van der Waals surface area contributed by atoms with E-state index in [1.165, 1.54) is 0 Å². The zero-order valence-corrected chi connectivity index (χ0v) is 29.4. The van der Waals surface area contributed by atoms with Crippen molar-refractivity contribution < 1.29 is 36.3 Å². The van der Waals surface area contributed by atoms with Gasteiger partial charge in [-0.2, -0.15) is 8.42 Å². The first-order valence-electron chi connectivity index (χ1n) is 15.4. The van der Waals surface area contributed by atoms with E-state index < -0.39 is 57.1 Å². The molecule has 1 aliphatic rings. The lowest BCUT2D eigenvalue weighted by molar-refractivity contribution is -0.310. The highest BCUT2D eigenvalue weighted by atomic mass is 35.6. The largest absolute Gasteiger partial charge is 0.445 e. The number of benzene rings is 4. The Morgan fingerprint density at radius 3 is 1.49 bits per heavy atom. The third-order valence-electron chi connectivity index (χ3n) is 7.54. The van der Waals surface area contributed by atoms with E-state index in [2.05, 4.69) is 0 Å². The summed E-state index contributed by atoms with van der Waals surface area (Å²) >= 11 is 18.0. The van der Waals surface area contributed by atoms with Crippen LogP contribution in [0.3, 0.4) is 0 Å². The molecule has 0 bridgehead atoms. The predicted octanol–water partition coefficient (Wildman–Crippen LogP) is 7.38. The van der Waals surface area contributed by atoms with Gasteiger partial charge in [0, 0.05) is 0 Å². The van der Waals surface area contributed by atoms with Crippen LogP contribution in [0.25, 0.3) is 0 Å². The monoisotopic (exact) mass is 747 g/mol. The van der Waals surface area contributed by atoms with Crippen molar-refractivity contribution in [3.63, 3.8) is 0 Å². The second-order valence-corrected chi connectivity index (χ2v) is 15.2. The number of alkyl halides is 3. The molecule has 0 radical (unpaired) electrons. The second kappa shape index (κ2) is 17.8. The third-order valence-corrected chi connectivity index (χ3v) is 9.23. The Labute approximate surface area is 301 Å². The summed E-state index contributed by atoms with van der Waals surface area (Å²) in [6.07, 6.45) is -5.43. The molecule has 1 N–H and O–H groups in total. The van der Waals surface area contributed by atoms with E-state index in [1.807, 2.05) is 91.0 Å². The molecule has 1 aliphatic heterocycles. The zero-order valence-electron chi connectivity index (χ0n) is 26.3. The van der Waals surface area contributed by atoms with Crippen LogP contribution < -0.4 is 0 Å². The zero-order chi connectivity index (χ0) is 34.7. The lowest BCUT2D eigenvalue weighted by Gasteiger charge is -2.45. The molecule has 1 fully saturated rings. The Morgan fingerprint density at radius 1 is 0.633 bits per heavy atom. The van der Waals surface area contributed by atoms with Crippen molar-refractivity contribution in [1.82, 2.24) is 0 Å². The fourth-order valence-corrected chi connectivity index (χ4v) is 6.31. The van der Waals surface area contributed by atoms with Crippen molar-refractivity contribution in [2.75, 3.05) is 6.61 Å². The summed E-state index contributed by atoms with van der Waals surface area (Å²) in [7, 11) is -4.07. The van der Waals surface area contributed by atoms with Crippen molar-refractivity contribution in [2.24, 2.45) is 0 Å². The van der Waals surface area contributed by atoms with Crippen LogP contribution in [0.2, 0.25) is 0 Å². The van der Waals surface area contributed by atoms with Crippen molar-refractivity contribution in [3.8, 4) is 0 Å². The summed E-state index contributed by atoms with van der Waals surface area (Å²) in [4.78, 5) is 0. The maximum atomic E-state index is 13.1. The van der Waals surface area contributed by atoms with E-state index in [0.29, 0.717) is 5.56 Å². The lowest BCUT2D eigenvalue weighted by Crippen LogP contribution is -2.62. The standard InChI is InChI=1S/C36H36Cl3NO8S/c37-36(38,39)35(40)48-34-33(45-23-28-17-9-3-10-18-28)32(44-22-27-15-7-2-8-16-27)31(43-21-26-13-5-1-6-14-26)30(47-34)24-46-49(41,42)25-29-19-11-4-12-20-29/h1-20,30-34,40H,21-25H2/t30-,31-,32+,33+,34?/m1/s1. The molecule has 4 aromatic carbocycles. The van der Waals surface area contributed by atoms with Gasteiger partial charge < -0.3 is 23.7 Å². The van der Waals surface area contributed by atoms with Gasteiger partial charge in [0.2, 0.25) is 12.2 Å². The molecule has 1 heterocycles. The smallest absolute Gasteiger partial charge is 0.271 e. The SMILES string of the molecule is N=C(OC1O[C@H](COS(=O)(=O)Cc2ccccc2)[C@@H](OCc2ccccc2)[C@H](OCc2ccccc2)[C@@H]1OCc1ccccc1)C(Cl)(Cl)Cl. The number of ether oxygens (including phenoxy) is 5. The molecule has 0 amide bonds. The second-order valence-electron chi connectivity index (χ2n) is 11.2. The molecule has 49 heavy (non-hydrogen) atoms. The van der Waals surface area contributed by atoms with Gasteiger partial charge in [-0.3, -0.25) is 9.59 Å². The van der Waals surface area contributed by atoms with Gasteiger partial charge in [0.1, 0.15) is 30.2 Å². The van der Waals surface area contributed by atoms with Crippen LogP contribution in [0, 0.1) is 5.41 Å². The highest BCUT2D eigenvalue weighted by Crippen LogP contribution is 2.35. The van der Waals surface area contributed by atoms with E-state index in [1.54, 1.807) is 30.3 Å². The molecule has 9 nitrogen and oxygen atoms in total. The highest BCUT2D eigenvalue weighted by Gasteiger charge is 2.51. The van der Waals surface area contributed by atoms with E-state index in [9.17, 15) is 8.42 Å². The van der Waals surface area contributed by atoms with Gasteiger partial charge in [-0.25, -0.2) is 0 Å². The Balaban J connectivity index is 1.48. The van der Waals surface area contributed by atoms with Crippen LogP contribution in [0.5, 0.6) is 0 Å². The fraction of sp³-hybridized carbons (Fsp3) is 0.306. The summed E-state index contributed by atoms with van der Waals surface area (Å²) in [6, 6.07) is 37.0. The molecule has 1 unspecified atom stereocenters. The minimum atomic E-state index is -4.07. The van der Waals surface area contributed by atoms with Crippen LogP contribution in [0.1, 0.15) is 22.3 Å². The molecule has 0 saturated carbocycles. The first kappa shape index (κ1) is 37.2. The van der Waals surface area contributed by atoms with Crippen LogP contribution in [0.15, 0.2) is 121 Å². The van der Waals surface area contributed by atoms with Gasteiger partial charge in [-0.15, -0.1) is 0 Å². The van der Waals surface area contributed by atoms with Gasteiger partial charge in [-0.1, -0.05) is 156 Å². The van der Waals surface area contributed by atoms with Gasteiger partial charge >= 0.3 is 0 Å². The average Bonchev–Trinajstić information content (AvgIpc) is 3.10. The number of halogens is 3. The molecule has 1 saturated heterocycles. The summed E-state index contributed by atoms with van der Waals surface area (Å²) in [6.45, 7) is -0.0874. The summed E-state index contributed by atoms with van der Waals surface area (Å²) in [5, 5.41) is 8.35. The quantitative estimate of drug-likeness (QED) is 0.0581. The molecule has 5 atom stereocenters. The molecule has 5 rings (SSSR count). The predicted molar refractivity (Wildman–Crippen MR) is 188 cm³/mol. The van der Waals surface area contributed by atoms with Crippen molar-refractivity contribution in [1.29, 1.82) is 5.41 Å². The van der Waals surface area contributed by atoms with Crippen molar-refractivity contribution in [3.05, 3.63) is 144 Å². The molecule has 4 aromatic rings. The number of rotatable bonds is 15. The molecular formula is C36H36Cl3NO8S. The van der Waals surface area contributed by atoms with E-state index in [0.717, 1.165) is 16.7 Å². The van der Waals surface area contributed by atoms with Crippen LogP contribution in [0.4, 0.5) is 0 Å². The van der Waals surface area contributed by atoms with E-state index in [4.69, 9.17) is 68.1 Å². The summed E-state index contributed by atoms with van der Waals surface area (Å²) < 4.78 is 61.2. The van der Waals surface area contributed by atoms with E-state index in [-0.39, 0.29) is 25.6 Å². The maximum absolute atomic E-state index is 13.1. The molecule has 0 aliphatic carbocycles. The molecule has 0 spiro atoms. The molecule has 13 heteroatoms. The minimum absolute atomic E-state index is 0.110. The molecule has 260 valence electrons. The van der Waals surface area contributed by atoms with Crippen molar-refractivity contribution in [2.45, 2.75) is 60.1 Å². The first-order chi connectivity index (χ1) is 23.6. The Morgan fingerprint density at radius 2 is 1.04 bits per heavy atom. The maximum Gasteiger partial charge on any atom is 0.271 e. The van der Waals surface area contributed by atoms with Gasteiger partial charge in [0.25, 0.3) is 13.9 Å². The highest BCUT2D eigenvalue weighted by molar-refractivity contribution is 7.85. The fourth-order valence-electron chi connectivity index (χ4n) is 5.15. The van der Waals surface area contributed by atoms with E-state index >= 15 is 0 Å². The Hall–Kier alpha value is -3.03. The molecule has 0 aromatic heterocycles.